The first-order valence-corrected chi connectivity index (χ1v) is 9.40. The third-order valence-electron chi connectivity index (χ3n) is 4.24. The third kappa shape index (κ3) is 3.49. The molecule has 0 fully saturated rings. The Morgan fingerprint density at radius 1 is 1.14 bits per heavy atom. The van der Waals surface area contributed by atoms with Crippen LogP contribution in [0, 0.1) is 6.92 Å². The fourth-order valence-electron chi connectivity index (χ4n) is 2.85. The Hall–Kier alpha value is -3.52. The molecule has 2 heterocycles. The molecule has 0 aliphatic rings. The van der Waals surface area contributed by atoms with E-state index in [0.717, 1.165) is 10.4 Å². The summed E-state index contributed by atoms with van der Waals surface area (Å²) in [5, 5.41) is 19.9. The Labute approximate surface area is 163 Å². The minimum atomic E-state index is -1.18. The largest absolute Gasteiger partial charge is 0.476 e. The number of aromatic carboxylic acids is 1. The van der Waals surface area contributed by atoms with Crippen LogP contribution in [-0.4, -0.2) is 25.8 Å². The number of aryl methyl sites for hydroxylation is 1. The molecule has 7 nitrogen and oxygen atoms in total. The van der Waals surface area contributed by atoms with Crippen molar-refractivity contribution in [2.24, 2.45) is 0 Å². The lowest BCUT2D eigenvalue weighted by Gasteiger charge is -2.07. The molecule has 4 aromatic rings. The minimum Gasteiger partial charge on any atom is -0.476 e. The quantitative estimate of drug-likeness (QED) is 0.538. The molecule has 0 radical (unpaired) electrons. The minimum absolute atomic E-state index is 0.0933. The van der Waals surface area contributed by atoms with Gasteiger partial charge in [-0.1, -0.05) is 35.9 Å². The summed E-state index contributed by atoms with van der Waals surface area (Å²) in [4.78, 5) is 28.7. The van der Waals surface area contributed by atoms with E-state index in [2.05, 4.69) is 15.4 Å². The number of hydrogen-bond acceptors (Lipinski definition) is 6. The SMILES string of the molecule is Cc1ccc(Nc2nc(Cn3nc(C(=O)O)c4ccccc4c3=O)cs2)cc1. The van der Waals surface area contributed by atoms with Crippen LogP contribution in [0.5, 0.6) is 0 Å². The first-order valence-electron chi connectivity index (χ1n) is 8.52. The van der Waals surface area contributed by atoms with Gasteiger partial charge in [-0.05, 0) is 25.1 Å². The number of thiazole rings is 1. The van der Waals surface area contributed by atoms with Crippen LogP contribution in [0.3, 0.4) is 0 Å². The molecule has 0 saturated carbocycles. The van der Waals surface area contributed by atoms with E-state index >= 15 is 0 Å². The van der Waals surface area contributed by atoms with Crippen molar-refractivity contribution in [3.05, 3.63) is 81.2 Å². The maximum atomic E-state index is 12.7. The number of hydrogen-bond donors (Lipinski definition) is 2. The fraction of sp³-hybridized carbons (Fsp3) is 0.100. The number of rotatable bonds is 5. The second kappa shape index (κ2) is 7.24. The van der Waals surface area contributed by atoms with Crippen molar-refractivity contribution < 1.29 is 9.90 Å². The van der Waals surface area contributed by atoms with Crippen molar-refractivity contribution in [1.29, 1.82) is 0 Å². The summed E-state index contributed by atoms with van der Waals surface area (Å²) in [6, 6.07) is 14.5. The van der Waals surface area contributed by atoms with Crippen molar-refractivity contribution >= 4 is 38.9 Å². The van der Waals surface area contributed by atoms with E-state index in [4.69, 9.17) is 0 Å². The van der Waals surface area contributed by atoms with Crippen molar-refractivity contribution in [3.63, 3.8) is 0 Å². The van der Waals surface area contributed by atoms with Gasteiger partial charge in [0.25, 0.3) is 5.56 Å². The number of fused-ring (bicyclic) bond motifs is 1. The van der Waals surface area contributed by atoms with Gasteiger partial charge in [0.15, 0.2) is 10.8 Å². The Balaban J connectivity index is 1.64. The van der Waals surface area contributed by atoms with Gasteiger partial charge in [-0.15, -0.1) is 11.3 Å². The van der Waals surface area contributed by atoms with E-state index in [1.54, 1.807) is 24.3 Å². The number of nitrogens with one attached hydrogen (secondary N) is 1. The zero-order valence-corrected chi connectivity index (χ0v) is 15.7. The summed E-state index contributed by atoms with van der Waals surface area (Å²) in [5.41, 5.74) is 2.22. The molecule has 140 valence electrons. The van der Waals surface area contributed by atoms with Crippen LogP contribution >= 0.6 is 11.3 Å². The Morgan fingerprint density at radius 3 is 2.57 bits per heavy atom. The molecular weight excluding hydrogens is 376 g/mol. The molecule has 8 heteroatoms. The molecule has 0 spiro atoms. The van der Waals surface area contributed by atoms with Gasteiger partial charge < -0.3 is 10.4 Å². The monoisotopic (exact) mass is 392 g/mol. The number of carboxylic acid groups (broad SMARTS) is 1. The number of carboxylic acids is 1. The molecule has 28 heavy (non-hydrogen) atoms. The Bertz CT molecular complexity index is 1230. The Kier molecular flexibility index (Phi) is 4.62. The van der Waals surface area contributed by atoms with E-state index in [1.165, 1.54) is 16.9 Å². The first-order chi connectivity index (χ1) is 13.5. The van der Waals surface area contributed by atoms with Gasteiger partial charge in [-0.2, -0.15) is 5.10 Å². The van der Waals surface area contributed by atoms with Crippen molar-refractivity contribution in [2.45, 2.75) is 13.5 Å². The molecule has 2 N–H and O–H groups in total. The number of nitrogens with zero attached hydrogens (tertiary/aromatic N) is 3. The normalized spacial score (nSPS) is 10.9. The van der Waals surface area contributed by atoms with Gasteiger partial charge in [-0.25, -0.2) is 14.5 Å². The van der Waals surface area contributed by atoms with Gasteiger partial charge in [0.05, 0.1) is 17.6 Å². The summed E-state index contributed by atoms with van der Waals surface area (Å²) in [7, 11) is 0. The van der Waals surface area contributed by atoms with Gasteiger partial charge >= 0.3 is 5.97 Å². The number of carbonyl (C=O) groups is 1. The predicted molar refractivity (Wildman–Crippen MR) is 109 cm³/mol. The highest BCUT2D eigenvalue weighted by Gasteiger charge is 2.16. The Morgan fingerprint density at radius 2 is 1.86 bits per heavy atom. The topological polar surface area (TPSA) is 97.1 Å². The molecule has 0 atom stereocenters. The average molecular weight is 392 g/mol. The van der Waals surface area contributed by atoms with Gasteiger partial charge in [0.2, 0.25) is 0 Å². The van der Waals surface area contributed by atoms with E-state index in [0.29, 0.717) is 21.6 Å². The second-order valence-electron chi connectivity index (χ2n) is 6.30. The van der Waals surface area contributed by atoms with Gasteiger partial charge in [0, 0.05) is 16.5 Å². The molecule has 0 aliphatic carbocycles. The third-order valence-corrected chi connectivity index (χ3v) is 5.04. The maximum absolute atomic E-state index is 12.7. The van der Waals surface area contributed by atoms with Crippen LogP contribution in [-0.2, 0) is 6.54 Å². The van der Waals surface area contributed by atoms with E-state index < -0.39 is 5.97 Å². The standard InChI is InChI=1S/C20H16N4O3S/c1-12-6-8-13(9-7-12)21-20-22-14(11-28-20)10-24-18(25)16-5-3-2-4-15(16)17(23-24)19(26)27/h2-9,11H,10H2,1H3,(H,21,22)(H,26,27). The first kappa shape index (κ1) is 17.9. The molecule has 0 saturated heterocycles. The summed E-state index contributed by atoms with van der Waals surface area (Å²) in [6.45, 7) is 2.11. The fourth-order valence-corrected chi connectivity index (χ4v) is 3.57. The number of anilines is 2. The molecule has 0 amide bonds. The van der Waals surface area contributed by atoms with Crippen LogP contribution in [0.4, 0.5) is 10.8 Å². The molecule has 0 unspecified atom stereocenters. The van der Waals surface area contributed by atoms with Crippen LogP contribution in [0.15, 0.2) is 58.7 Å². The second-order valence-corrected chi connectivity index (χ2v) is 7.16. The summed E-state index contributed by atoms with van der Waals surface area (Å²) < 4.78 is 1.15. The van der Waals surface area contributed by atoms with Crippen LogP contribution < -0.4 is 10.9 Å². The van der Waals surface area contributed by atoms with Crippen LogP contribution in [0.25, 0.3) is 10.8 Å². The highest BCUT2D eigenvalue weighted by atomic mass is 32.1. The maximum Gasteiger partial charge on any atom is 0.357 e. The molecule has 2 aromatic heterocycles. The lowest BCUT2D eigenvalue weighted by molar-refractivity contribution is 0.0690. The molecular formula is C20H16N4O3S. The van der Waals surface area contributed by atoms with Crippen LogP contribution in [0.1, 0.15) is 21.7 Å². The summed E-state index contributed by atoms with van der Waals surface area (Å²) in [6.07, 6.45) is 0. The van der Waals surface area contributed by atoms with Crippen molar-refractivity contribution in [1.82, 2.24) is 14.8 Å². The van der Waals surface area contributed by atoms with Crippen LogP contribution in [0.2, 0.25) is 0 Å². The van der Waals surface area contributed by atoms with E-state index in [1.807, 2.05) is 36.6 Å². The average Bonchev–Trinajstić information content (AvgIpc) is 3.12. The zero-order valence-electron chi connectivity index (χ0n) is 14.9. The molecule has 0 bridgehead atoms. The van der Waals surface area contributed by atoms with Gasteiger partial charge in [-0.3, -0.25) is 4.79 Å². The van der Waals surface area contributed by atoms with Crippen molar-refractivity contribution in [3.8, 4) is 0 Å². The summed E-state index contributed by atoms with van der Waals surface area (Å²) >= 11 is 1.41. The molecule has 2 aromatic carbocycles. The van der Waals surface area contributed by atoms with E-state index in [9.17, 15) is 14.7 Å². The number of aromatic nitrogens is 3. The lowest BCUT2D eigenvalue weighted by atomic mass is 10.1. The lowest BCUT2D eigenvalue weighted by Crippen LogP contribution is -2.26. The molecule has 4 rings (SSSR count). The highest BCUT2D eigenvalue weighted by molar-refractivity contribution is 7.13. The smallest absolute Gasteiger partial charge is 0.357 e. The molecule has 0 aliphatic heterocycles. The van der Waals surface area contributed by atoms with E-state index in [-0.39, 0.29) is 17.8 Å². The van der Waals surface area contributed by atoms with Gasteiger partial charge in [0.1, 0.15) is 0 Å². The van der Waals surface area contributed by atoms with Crippen molar-refractivity contribution in [2.75, 3.05) is 5.32 Å². The highest BCUT2D eigenvalue weighted by Crippen LogP contribution is 2.22. The predicted octanol–water partition coefficient (Wildman–Crippen LogP) is 3.65. The summed E-state index contributed by atoms with van der Waals surface area (Å²) in [5.74, 6) is -1.18. The zero-order chi connectivity index (χ0) is 19.7. The number of benzene rings is 2.